The predicted molar refractivity (Wildman–Crippen MR) is 146 cm³/mol. The van der Waals surface area contributed by atoms with Crippen molar-refractivity contribution in [1.29, 1.82) is 0 Å². The molecule has 6 aliphatic carbocycles. The van der Waals surface area contributed by atoms with Gasteiger partial charge in [-0.05, 0) is 77.0 Å². The summed E-state index contributed by atoms with van der Waals surface area (Å²) in [5.74, 6) is 0. The van der Waals surface area contributed by atoms with Gasteiger partial charge in [0.25, 0.3) is 9.28 Å². The fraction of sp³-hybridized carbons (Fsp3) is 1.00. The van der Waals surface area contributed by atoms with Gasteiger partial charge in [0, 0.05) is 36.3 Å². The average molecular weight is 486 g/mol. The van der Waals surface area contributed by atoms with Gasteiger partial charge in [-0.1, -0.05) is 77.0 Å². The molecule has 0 heterocycles. The first-order valence-electron chi connectivity index (χ1n) is 16.2. The Labute approximate surface area is 213 Å². The van der Waals surface area contributed by atoms with Crippen molar-refractivity contribution < 1.29 is 0 Å². The monoisotopic (exact) mass is 485 g/mol. The summed E-state index contributed by atoms with van der Waals surface area (Å²) in [6, 6.07) is 5.56. The van der Waals surface area contributed by atoms with E-state index in [1.807, 2.05) is 0 Å². The average Bonchev–Trinajstić information content (AvgIpc) is 3.68. The largest absolute Gasteiger partial charge is 0.296 e. The van der Waals surface area contributed by atoms with Crippen molar-refractivity contribution in [2.45, 2.75) is 190 Å². The fourth-order valence-corrected chi connectivity index (χ4v) is 14.7. The van der Waals surface area contributed by atoms with Crippen molar-refractivity contribution in [3.8, 4) is 0 Å². The van der Waals surface area contributed by atoms with Gasteiger partial charge in [0.15, 0.2) is 0 Å². The van der Waals surface area contributed by atoms with Gasteiger partial charge < -0.3 is 0 Å². The molecule has 0 amide bonds. The normalized spacial score (nSPS) is 29.6. The fourth-order valence-electron chi connectivity index (χ4n) is 9.70. The van der Waals surface area contributed by atoms with E-state index in [0.717, 1.165) is 36.3 Å². The molecule has 4 heteroatoms. The molecule has 3 nitrogen and oxygen atoms in total. The first-order chi connectivity index (χ1) is 16.9. The standard InChI is InChI=1S/C30H55N3Si/c1-2-14-25(13-1)31(26-15-3-4-16-26)34(32(27-17-5-6-18-27)28-19-7-8-20-28)33(29-21-9-10-22-29)30-23-11-12-24-30/h25-30,34H,1-24H2. The molecule has 6 aliphatic rings. The van der Waals surface area contributed by atoms with E-state index >= 15 is 0 Å². The van der Waals surface area contributed by atoms with Crippen LogP contribution in [0.15, 0.2) is 0 Å². The first-order valence-corrected chi connectivity index (χ1v) is 17.8. The lowest BCUT2D eigenvalue weighted by Crippen LogP contribution is -2.73. The van der Waals surface area contributed by atoms with Crippen molar-refractivity contribution in [3.63, 3.8) is 0 Å². The summed E-state index contributed by atoms with van der Waals surface area (Å²) < 4.78 is 10.3. The van der Waals surface area contributed by atoms with Crippen molar-refractivity contribution >= 4 is 9.28 Å². The van der Waals surface area contributed by atoms with Crippen LogP contribution in [0.4, 0.5) is 0 Å². The molecule has 0 atom stereocenters. The van der Waals surface area contributed by atoms with Gasteiger partial charge in [-0.15, -0.1) is 0 Å². The third-order valence-corrected chi connectivity index (χ3v) is 15.4. The Morgan fingerprint density at radius 3 is 0.559 bits per heavy atom. The second-order valence-corrected chi connectivity index (χ2v) is 15.8. The van der Waals surface area contributed by atoms with Crippen LogP contribution in [-0.4, -0.2) is 59.2 Å². The summed E-state index contributed by atoms with van der Waals surface area (Å²) in [6.07, 6.45) is 36.3. The molecule has 0 radical (unpaired) electrons. The molecular weight excluding hydrogens is 430 g/mol. The Balaban J connectivity index is 1.43. The summed E-state index contributed by atoms with van der Waals surface area (Å²) in [4.78, 5) is 0. The van der Waals surface area contributed by atoms with Gasteiger partial charge in [-0.25, -0.2) is 0 Å². The molecule has 0 spiro atoms. The highest BCUT2D eigenvalue weighted by Crippen LogP contribution is 2.42. The molecule has 0 aromatic heterocycles. The number of rotatable bonds is 9. The molecule has 194 valence electrons. The van der Waals surface area contributed by atoms with E-state index in [0.29, 0.717) is 0 Å². The number of nitrogens with zero attached hydrogens (tertiary/aromatic N) is 3. The molecular formula is C30H55N3Si. The summed E-state index contributed by atoms with van der Waals surface area (Å²) in [5.41, 5.74) is 0. The van der Waals surface area contributed by atoms with Gasteiger partial charge in [0.2, 0.25) is 0 Å². The summed E-state index contributed by atoms with van der Waals surface area (Å²) in [6.45, 7) is 0. The number of hydrogen-bond acceptors (Lipinski definition) is 3. The molecule has 6 fully saturated rings. The van der Waals surface area contributed by atoms with Gasteiger partial charge in [-0.2, -0.15) is 0 Å². The van der Waals surface area contributed by atoms with Crippen LogP contribution in [0.5, 0.6) is 0 Å². The van der Waals surface area contributed by atoms with Crippen LogP contribution in [0.1, 0.15) is 154 Å². The highest BCUT2D eigenvalue weighted by molar-refractivity contribution is 6.50. The maximum Gasteiger partial charge on any atom is 0.274 e. The zero-order chi connectivity index (χ0) is 22.7. The molecule has 0 unspecified atom stereocenters. The van der Waals surface area contributed by atoms with Gasteiger partial charge in [-0.3, -0.25) is 13.7 Å². The van der Waals surface area contributed by atoms with E-state index in [1.165, 1.54) is 154 Å². The van der Waals surface area contributed by atoms with Crippen molar-refractivity contribution in [3.05, 3.63) is 0 Å². The molecule has 0 saturated heterocycles. The molecule has 6 saturated carbocycles. The highest BCUT2D eigenvalue weighted by atomic mass is 28.3. The van der Waals surface area contributed by atoms with E-state index in [1.54, 1.807) is 0 Å². The zero-order valence-corrected chi connectivity index (χ0v) is 23.5. The Hall–Kier alpha value is 0.0969. The molecule has 0 aliphatic heterocycles. The Kier molecular flexibility index (Phi) is 8.37. The SMILES string of the molecule is C1CCC(N(C2CCCC2)[SiH](N(C2CCCC2)C2CCCC2)N(C2CCCC2)C2CCCC2)C1. The Morgan fingerprint density at radius 1 is 0.265 bits per heavy atom. The van der Waals surface area contributed by atoms with E-state index in [-0.39, 0.29) is 0 Å². The van der Waals surface area contributed by atoms with Crippen LogP contribution in [0, 0.1) is 0 Å². The lowest BCUT2D eigenvalue weighted by Gasteiger charge is -2.56. The minimum atomic E-state index is -1.40. The lowest BCUT2D eigenvalue weighted by molar-refractivity contribution is 0.111. The minimum absolute atomic E-state index is 0.926. The zero-order valence-electron chi connectivity index (χ0n) is 22.4. The van der Waals surface area contributed by atoms with Gasteiger partial charge in [0.05, 0.1) is 0 Å². The lowest BCUT2D eigenvalue weighted by atomic mass is 10.1. The van der Waals surface area contributed by atoms with Crippen LogP contribution in [0.2, 0.25) is 0 Å². The molecule has 0 bridgehead atoms. The van der Waals surface area contributed by atoms with Crippen LogP contribution < -0.4 is 0 Å². The molecule has 6 rings (SSSR count). The Bertz CT molecular complexity index is 473. The van der Waals surface area contributed by atoms with Crippen LogP contribution in [-0.2, 0) is 0 Å². The Morgan fingerprint density at radius 2 is 0.412 bits per heavy atom. The third kappa shape index (κ3) is 5.09. The predicted octanol–water partition coefficient (Wildman–Crippen LogP) is 7.27. The second kappa shape index (κ2) is 11.7. The van der Waals surface area contributed by atoms with Crippen molar-refractivity contribution in [2.75, 3.05) is 0 Å². The maximum atomic E-state index is 3.42. The van der Waals surface area contributed by atoms with Gasteiger partial charge in [0.1, 0.15) is 0 Å². The van der Waals surface area contributed by atoms with Crippen molar-refractivity contribution in [2.24, 2.45) is 0 Å². The van der Waals surface area contributed by atoms with Gasteiger partial charge >= 0.3 is 0 Å². The topological polar surface area (TPSA) is 9.72 Å². The summed E-state index contributed by atoms with van der Waals surface area (Å²) in [5, 5.41) is 0. The number of hydrogen-bond donors (Lipinski definition) is 0. The van der Waals surface area contributed by atoms with E-state index in [4.69, 9.17) is 0 Å². The molecule has 0 N–H and O–H groups in total. The molecule has 34 heavy (non-hydrogen) atoms. The third-order valence-electron chi connectivity index (χ3n) is 11.3. The van der Waals surface area contributed by atoms with Crippen LogP contribution in [0.3, 0.4) is 0 Å². The van der Waals surface area contributed by atoms with E-state index < -0.39 is 9.28 Å². The molecule has 0 aromatic rings. The second-order valence-electron chi connectivity index (χ2n) is 13.3. The van der Waals surface area contributed by atoms with E-state index in [9.17, 15) is 0 Å². The van der Waals surface area contributed by atoms with Crippen LogP contribution in [0.25, 0.3) is 0 Å². The smallest absolute Gasteiger partial charge is 0.274 e. The minimum Gasteiger partial charge on any atom is -0.296 e. The quantitative estimate of drug-likeness (QED) is 0.318. The molecule has 0 aromatic carbocycles. The van der Waals surface area contributed by atoms with E-state index in [2.05, 4.69) is 13.7 Å². The first kappa shape index (κ1) is 24.4. The van der Waals surface area contributed by atoms with Crippen LogP contribution >= 0.6 is 0 Å². The summed E-state index contributed by atoms with van der Waals surface area (Å²) in [7, 11) is -1.40. The maximum absolute atomic E-state index is 3.42. The summed E-state index contributed by atoms with van der Waals surface area (Å²) >= 11 is 0. The van der Waals surface area contributed by atoms with Crippen molar-refractivity contribution in [1.82, 2.24) is 13.7 Å². The highest BCUT2D eigenvalue weighted by Gasteiger charge is 2.50.